The van der Waals surface area contributed by atoms with Gasteiger partial charge in [0.15, 0.2) is 0 Å². The van der Waals surface area contributed by atoms with Crippen molar-refractivity contribution in [2.45, 2.75) is 50.5 Å². The smallest absolute Gasteiger partial charge is 0.0655 e. The second-order valence-electron chi connectivity index (χ2n) is 4.08. The maximum absolute atomic E-state index is 5.77. The second kappa shape index (κ2) is 4.10. The van der Waals surface area contributed by atoms with Crippen molar-refractivity contribution in [1.82, 2.24) is 0 Å². The van der Waals surface area contributed by atoms with E-state index in [-0.39, 0.29) is 5.60 Å². The van der Waals surface area contributed by atoms with Crippen molar-refractivity contribution < 1.29 is 4.74 Å². The van der Waals surface area contributed by atoms with Gasteiger partial charge < -0.3 is 4.74 Å². The molecule has 1 nitrogen and oxygen atoms in total. The van der Waals surface area contributed by atoms with Crippen LogP contribution in [0.1, 0.15) is 40.0 Å². The first-order valence-electron chi connectivity index (χ1n) is 4.85. The van der Waals surface area contributed by atoms with E-state index in [1.165, 1.54) is 12.8 Å². The van der Waals surface area contributed by atoms with Gasteiger partial charge in [-0.3, -0.25) is 0 Å². The summed E-state index contributed by atoms with van der Waals surface area (Å²) in [6.45, 7) is 7.62. The van der Waals surface area contributed by atoms with Gasteiger partial charge >= 0.3 is 0 Å². The number of alkyl halides is 1. The highest BCUT2D eigenvalue weighted by atomic mass is 79.9. The maximum atomic E-state index is 5.77. The molecule has 1 saturated heterocycles. The molecule has 0 aliphatic carbocycles. The number of halogens is 1. The van der Waals surface area contributed by atoms with Gasteiger partial charge in [-0.15, -0.1) is 0 Å². The Morgan fingerprint density at radius 1 is 1.67 bits per heavy atom. The molecule has 12 heavy (non-hydrogen) atoms. The number of ether oxygens (including phenoxy) is 1. The van der Waals surface area contributed by atoms with Gasteiger partial charge in [0, 0.05) is 11.4 Å². The molecule has 0 bridgehead atoms. The highest BCUT2D eigenvalue weighted by Gasteiger charge is 2.33. The van der Waals surface area contributed by atoms with Crippen LogP contribution >= 0.6 is 15.9 Å². The average molecular weight is 235 g/mol. The molecule has 2 heteroatoms. The fourth-order valence-corrected chi connectivity index (χ4v) is 2.26. The van der Waals surface area contributed by atoms with Crippen molar-refractivity contribution in [3.8, 4) is 0 Å². The molecule has 0 radical (unpaired) electrons. The van der Waals surface area contributed by atoms with Gasteiger partial charge in [0.2, 0.25) is 0 Å². The Hall–Kier alpha value is 0.440. The third-order valence-electron chi connectivity index (χ3n) is 3.03. The van der Waals surface area contributed by atoms with E-state index < -0.39 is 0 Å². The van der Waals surface area contributed by atoms with E-state index in [2.05, 4.69) is 36.7 Å². The molecule has 0 amide bonds. The van der Waals surface area contributed by atoms with Gasteiger partial charge in [-0.2, -0.15) is 0 Å². The Labute approximate surface area is 84.0 Å². The number of rotatable bonds is 2. The van der Waals surface area contributed by atoms with Crippen molar-refractivity contribution in [3.63, 3.8) is 0 Å². The molecule has 1 aliphatic heterocycles. The molecule has 0 spiro atoms. The summed E-state index contributed by atoms with van der Waals surface area (Å²) in [4.78, 5) is 0.632. The maximum Gasteiger partial charge on any atom is 0.0655 e. The minimum atomic E-state index is 0.144. The number of hydrogen-bond donors (Lipinski definition) is 0. The van der Waals surface area contributed by atoms with E-state index in [4.69, 9.17) is 4.74 Å². The molecule has 0 aromatic heterocycles. The van der Waals surface area contributed by atoms with Crippen molar-refractivity contribution in [3.05, 3.63) is 0 Å². The van der Waals surface area contributed by atoms with Gasteiger partial charge in [-0.1, -0.05) is 29.8 Å². The highest BCUT2D eigenvalue weighted by molar-refractivity contribution is 9.09. The van der Waals surface area contributed by atoms with Gasteiger partial charge in [0.25, 0.3) is 0 Å². The zero-order valence-electron chi connectivity index (χ0n) is 8.27. The Morgan fingerprint density at radius 3 is 2.83 bits per heavy atom. The van der Waals surface area contributed by atoms with E-state index in [9.17, 15) is 0 Å². The molecule has 0 aromatic rings. The zero-order valence-corrected chi connectivity index (χ0v) is 9.86. The summed E-state index contributed by atoms with van der Waals surface area (Å²) >= 11 is 3.66. The molecule has 1 fully saturated rings. The van der Waals surface area contributed by atoms with Crippen LogP contribution in [0.5, 0.6) is 0 Å². The minimum Gasteiger partial charge on any atom is -0.375 e. The van der Waals surface area contributed by atoms with Crippen molar-refractivity contribution in [2.24, 2.45) is 5.92 Å². The summed E-state index contributed by atoms with van der Waals surface area (Å²) in [6, 6.07) is 0. The normalized spacial score (nSPS) is 39.5. The van der Waals surface area contributed by atoms with Gasteiger partial charge in [0.1, 0.15) is 0 Å². The van der Waals surface area contributed by atoms with Crippen molar-refractivity contribution in [1.29, 1.82) is 0 Å². The van der Waals surface area contributed by atoms with E-state index in [0.29, 0.717) is 4.83 Å². The molecule has 1 heterocycles. The van der Waals surface area contributed by atoms with E-state index in [0.717, 1.165) is 18.9 Å². The topological polar surface area (TPSA) is 9.23 Å². The first-order valence-corrected chi connectivity index (χ1v) is 5.77. The van der Waals surface area contributed by atoms with Crippen LogP contribution in [0.15, 0.2) is 0 Å². The lowest BCUT2D eigenvalue weighted by Gasteiger charge is -2.38. The molecule has 1 rings (SSSR count). The Balaban J connectivity index is 2.51. The van der Waals surface area contributed by atoms with Gasteiger partial charge in [-0.25, -0.2) is 0 Å². The summed E-state index contributed by atoms with van der Waals surface area (Å²) in [7, 11) is 0. The average Bonchev–Trinajstić information content (AvgIpc) is 2.05. The minimum absolute atomic E-state index is 0.144. The SMILES string of the molecule is CCC1(C)CC(C(C)Br)CCO1. The standard InChI is InChI=1S/C10H19BrO/c1-4-10(3)7-9(8(2)11)5-6-12-10/h8-9H,4-7H2,1-3H3. The molecule has 0 aromatic carbocycles. The molecule has 72 valence electrons. The van der Waals surface area contributed by atoms with Crippen LogP contribution in [0.25, 0.3) is 0 Å². The van der Waals surface area contributed by atoms with Crippen molar-refractivity contribution >= 4 is 15.9 Å². The highest BCUT2D eigenvalue weighted by Crippen LogP contribution is 2.35. The predicted molar refractivity (Wildman–Crippen MR) is 55.8 cm³/mol. The summed E-state index contributed by atoms with van der Waals surface area (Å²) in [6.07, 6.45) is 3.54. The van der Waals surface area contributed by atoms with Crippen LogP contribution in [-0.2, 0) is 4.74 Å². The van der Waals surface area contributed by atoms with Crippen LogP contribution in [0.4, 0.5) is 0 Å². The predicted octanol–water partition coefficient (Wildman–Crippen LogP) is 3.37. The largest absolute Gasteiger partial charge is 0.375 e. The number of hydrogen-bond acceptors (Lipinski definition) is 1. The Morgan fingerprint density at radius 2 is 2.33 bits per heavy atom. The molecular formula is C10H19BrO. The fourth-order valence-electron chi connectivity index (χ4n) is 1.81. The van der Waals surface area contributed by atoms with E-state index in [1.54, 1.807) is 0 Å². The van der Waals surface area contributed by atoms with E-state index >= 15 is 0 Å². The van der Waals surface area contributed by atoms with Gasteiger partial charge in [-0.05, 0) is 32.1 Å². The Kier molecular flexibility index (Phi) is 3.59. The molecule has 0 N–H and O–H groups in total. The Bertz CT molecular complexity index is 147. The lowest BCUT2D eigenvalue weighted by atomic mass is 9.84. The summed E-state index contributed by atoms with van der Waals surface area (Å²) in [5.74, 6) is 0.795. The molecular weight excluding hydrogens is 216 g/mol. The molecule has 3 unspecified atom stereocenters. The fraction of sp³-hybridized carbons (Fsp3) is 1.00. The third kappa shape index (κ3) is 2.46. The van der Waals surface area contributed by atoms with Crippen LogP contribution in [0.2, 0.25) is 0 Å². The van der Waals surface area contributed by atoms with Crippen molar-refractivity contribution in [2.75, 3.05) is 6.61 Å². The first kappa shape index (κ1) is 10.5. The summed E-state index contributed by atoms with van der Waals surface area (Å²) < 4.78 is 5.77. The quantitative estimate of drug-likeness (QED) is 0.667. The monoisotopic (exact) mass is 234 g/mol. The van der Waals surface area contributed by atoms with Crippen LogP contribution < -0.4 is 0 Å². The molecule has 1 aliphatic rings. The molecule has 3 atom stereocenters. The third-order valence-corrected chi connectivity index (χ3v) is 3.78. The van der Waals surface area contributed by atoms with Crippen LogP contribution in [0.3, 0.4) is 0 Å². The summed E-state index contributed by atoms with van der Waals surface area (Å²) in [5.41, 5.74) is 0.144. The van der Waals surface area contributed by atoms with Crippen LogP contribution in [-0.4, -0.2) is 17.0 Å². The lowest BCUT2D eigenvalue weighted by Crippen LogP contribution is -2.38. The zero-order chi connectivity index (χ0) is 9.19. The molecule has 0 saturated carbocycles. The van der Waals surface area contributed by atoms with Gasteiger partial charge in [0.05, 0.1) is 5.60 Å². The second-order valence-corrected chi connectivity index (χ2v) is 5.53. The van der Waals surface area contributed by atoms with Crippen LogP contribution in [0, 0.1) is 5.92 Å². The van der Waals surface area contributed by atoms with E-state index in [1.807, 2.05) is 0 Å². The lowest BCUT2D eigenvalue weighted by molar-refractivity contribution is -0.0862. The summed E-state index contributed by atoms with van der Waals surface area (Å²) in [5, 5.41) is 0. The first-order chi connectivity index (χ1) is 5.57.